The van der Waals surface area contributed by atoms with E-state index in [1.165, 1.54) is 10.5 Å². The number of hydrogen-bond acceptors (Lipinski definition) is 7. The Morgan fingerprint density at radius 2 is 1.95 bits per heavy atom. The summed E-state index contributed by atoms with van der Waals surface area (Å²) < 4.78 is 6.00. The van der Waals surface area contributed by atoms with Gasteiger partial charge in [0, 0.05) is 47.6 Å². The molecule has 4 aliphatic heterocycles. The predicted octanol–water partition coefficient (Wildman–Crippen LogP) is 3.65. The molecule has 4 aliphatic rings. The Balaban J connectivity index is 1.12. The molecule has 1 atom stereocenters. The summed E-state index contributed by atoms with van der Waals surface area (Å²) in [5.74, 6) is 0.448. The number of para-hydroxylation sites is 1. The lowest BCUT2D eigenvalue weighted by atomic mass is 10.0. The molecule has 190 valence electrons. The number of hydrogen-bond donors (Lipinski definition) is 2. The molecule has 0 aliphatic carbocycles. The molecule has 1 unspecified atom stereocenters. The molecular weight excluding hydrogens is 482 g/mol. The van der Waals surface area contributed by atoms with Gasteiger partial charge in [-0.25, -0.2) is 0 Å². The van der Waals surface area contributed by atoms with Crippen molar-refractivity contribution in [1.29, 1.82) is 0 Å². The summed E-state index contributed by atoms with van der Waals surface area (Å²) in [7, 11) is 0. The number of rotatable bonds is 5. The molecule has 9 heteroatoms. The van der Waals surface area contributed by atoms with Gasteiger partial charge in [-0.05, 0) is 41.8 Å². The van der Waals surface area contributed by atoms with Gasteiger partial charge in [-0.3, -0.25) is 29.7 Å². The van der Waals surface area contributed by atoms with Crippen molar-refractivity contribution in [2.24, 2.45) is 9.98 Å². The van der Waals surface area contributed by atoms with Crippen LogP contribution < -0.4 is 15.4 Å². The van der Waals surface area contributed by atoms with E-state index in [0.29, 0.717) is 36.3 Å². The van der Waals surface area contributed by atoms with Crippen LogP contribution in [-0.2, 0) is 22.7 Å². The monoisotopic (exact) mass is 507 g/mol. The number of amides is 3. The van der Waals surface area contributed by atoms with Crippen molar-refractivity contribution >= 4 is 35.5 Å². The highest BCUT2D eigenvalue weighted by Crippen LogP contribution is 2.34. The molecule has 2 aromatic rings. The first kappa shape index (κ1) is 23.6. The number of allylic oxidation sites excluding steroid dienone is 3. The molecule has 1 fully saturated rings. The summed E-state index contributed by atoms with van der Waals surface area (Å²) in [5.41, 5.74) is 5.23. The van der Waals surface area contributed by atoms with Crippen molar-refractivity contribution in [3.63, 3.8) is 0 Å². The number of benzene rings is 2. The van der Waals surface area contributed by atoms with Crippen molar-refractivity contribution < 1.29 is 19.1 Å². The molecule has 1 saturated heterocycles. The highest BCUT2D eigenvalue weighted by atomic mass is 16.5. The summed E-state index contributed by atoms with van der Waals surface area (Å²) in [6.45, 7) is 0.899. The van der Waals surface area contributed by atoms with Crippen LogP contribution in [0.3, 0.4) is 0 Å². The number of nitrogens with one attached hydrogen (secondary N) is 2. The molecule has 0 spiro atoms. The molecule has 0 saturated carbocycles. The minimum Gasteiger partial charge on any atom is -0.464 e. The third-order valence-corrected chi connectivity index (χ3v) is 6.92. The van der Waals surface area contributed by atoms with Crippen LogP contribution in [0.4, 0.5) is 5.69 Å². The largest absolute Gasteiger partial charge is 0.464 e. The van der Waals surface area contributed by atoms with Crippen molar-refractivity contribution in [1.82, 2.24) is 10.2 Å². The highest BCUT2D eigenvalue weighted by Gasteiger charge is 2.40. The van der Waals surface area contributed by atoms with Gasteiger partial charge in [-0.2, -0.15) is 0 Å². The molecule has 3 amide bonds. The average Bonchev–Trinajstić information content (AvgIpc) is 3.10. The molecule has 38 heavy (non-hydrogen) atoms. The molecule has 9 nitrogen and oxygen atoms in total. The van der Waals surface area contributed by atoms with Gasteiger partial charge in [-0.15, -0.1) is 0 Å². The zero-order chi connectivity index (χ0) is 26.1. The fourth-order valence-electron chi connectivity index (χ4n) is 4.93. The maximum atomic E-state index is 13.0. The molecule has 6 rings (SSSR count). The third kappa shape index (κ3) is 4.66. The maximum Gasteiger partial charge on any atom is 0.255 e. The van der Waals surface area contributed by atoms with E-state index in [9.17, 15) is 14.4 Å². The highest BCUT2D eigenvalue weighted by molar-refractivity contribution is 6.05. The number of imide groups is 1. The SMILES string of the molecule is O=C1CCC(N2Cc3c(O/C=C4\C=CC(CC5=NCc6ccccc6N5)=CN=C4)cccc3C2=O)C(=O)N1. The Hall–Kier alpha value is -4.79. The van der Waals surface area contributed by atoms with Gasteiger partial charge in [0.15, 0.2) is 0 Å². The lowest BCUT2D eigenvalue weighted by Gasteiger charge is -2.29. The van der Waals surface area contributed by atoms with E-state index < -0.39 is 11.9 Å². The van der Waals surface area contributed by atoms with Gasteiger partial charge in [0.25, 0.3) is 5.91 Å². The zero-order valence-corrected chi connectivity index (χ0v) is 20.5. The van der Waals surface area contributed by atoms with Crippen molar-refractivity contribution in [3.05, 3.63) is 94.9 Å². The average molecular weight is 508 g/mol. The molecule has 4 heterocycles. The predicted molar refractivity (Wildman–Crippen MR) is 143 cm³/mol. The summed E-state index contributed by atoms with van der Waals surface area (Å²) >= 11 is 0. The Kier molecular flexibility index (Phi) is 6.17. The molecular formula is C29H25N5O4. The summed E-state index contributed by atoms with van der Waals surface area (Å²) in [4.78, 5) is 47.5. The van der Waals surface area contributed by atoms with Gasteiger partial charge in [0.1, 0.15) is 17.6 Å². The third-order valence-electron chi connectivity index (χ3n) is 6.92. The lowest BCUT2D eigenvalue weighted by Crippen LogP contribution is -2.52. The van der Waals surface area contributed by atoms with E-state index in [0.717, 1.165) is 22.7 Å². The first-order valence-corrected chi connectivity index (χ1v) is 12.5. The van der Waals surface area contributed by atoms with Crippen LogP contribution in [0.15, 0.2) is 88.2 Å². The first-order valence-electron chi connectivity index (χ1n) is 12.5. The quantitative estimate of drug-likeness (QED) is 0.474. The Labute approximate surface area is 219 Å². The number of aliphatic imine (C=N–C) groups is 2. The second-order valence-electron chi connectivity index (χ2n) is 9.46. The van der Waals surface area contributed by atoms with E-state index in [1.54, 1.807) is 36.9 Å². The number of nitrogens with zero attached hydrogens (tertiary/aromatic N) is 3. The van der Waals surface area contributed by atoms with Crippen LogP contribution >= 0.6 is 0 Å². The zero-order valence-electron chi connectivity index (χ0n) is 20.5. The number of amidine groups is 1. The van der Waals surface area contributed by atoms with Gasteiger partial charge in [0.05, 0.1) is 19.4 Å². The van der Waals surface area contributed by atoms with Gasteiger partial charge >= 0.3 is 0 Å². The van der Waals surface area contributed by atoms with Crippen LogP contribution in [-0.4, -0.2) is 40.7 Å². The molecule has 2 aromatic carbocycles. The Bertz CT molecular complexity index is 1500. The molecule has 0 radical (unpaired) electrons. The Morgan fingerprint density at radius 3 is 2.84 bits per heavy atom. The van der Waals surface area contributed by atoms with Crippen molar-refractivity contribution in [2.75, 3.05) is 5.32 Å². The molecule has 2 N–H and O–H groups in total. The maximum absolute atomic E-state index is 13.0. The van der Waals surface area contributed by atoms with E-state index >= 15 is 0 Å². The van der Waals surface area contributed by atoms with E-state index in [4.69, 9.17) is 4.74 Å². The number of carbonyl (C=O) groups is 3. The minimum absolute atomic E-state index is 0.213. The number of fused-ring (bicyclic) bond motifs is 2. The number of anilines is 1. The summed E-state index contributed by atoms with van der Waals surface area (Å²) in [6.07, 6.45) is 10.2. The summed E-state index contributed by atoms with van der Waals surface area (Å²) in [6, 6.07) is 12.7. The van der Waals surface area contributed by atoms with Crippen LogP contribution in [0, 0.1) is 0 Å². The summed E-state index contributed by atoms with van der Waals surface area (Å²) in [5, 5.41) is 5.72. The van der Waals surface area contributed by atoms with Crippen molar-refractivity contribution in [2.45, 2.75) is 38.4 Å². The standard InChI is InChI=1S/C29H25N5O4/c35-27-11-10-24(28(36)33-27)34-16-22-21(29(34)37)5-3-7-25(22)38-17-19-9-8-18(13-30-14-19)12-26-31-15-20-4-1-2-6-23(20)32-26/h1-9,13-14,17,24H,10-12,15-16H2,(H,31,32)(H,33,35,36)/b19-17+. The lowest BCUT2D eigenvalue weighted by molar-refractivity contribution is -0.136. The topological polar surface area (TPSA) is 112 Å². The van der Waals surface area contributed by atoms with E-state index in [-0.39, 0.29) is 24.8 Å². The molecule has 0 aromatic heterocycles. The van der Waals surface area contributed by atoms with Crippen LogP contribution in [0.5, 0.6) is 5.75 Å². The van der Waals surface area contributed by atoms with Gasteiger partial charge < -0.3 is 15.0 Å². The van der Waals surface area contributed by atoms with Crippen molar-refractivity contribution in [3.8, 4) is 5.75 Å². The van der Waals surface area contributed by atoms with E-state index in [2.05, 4.69) is 32.8 Å². The van der Waals surface area contributed by atoms with Gasteiger partial charge in [-0.1, -0.05) is 30.3 Å². The number of ether oxygens (including phenoxy) is 1. The fourth-order valence-corrected chi connectivity index (χ4v) is 4.93. The normalized spacial score (nSPS) is 21.3. The van der Waals surface area contributed by atoms with Crippen LogP contribution in [0.1, 0.15) is 40.7 Å². The first-order chi connectivity index (χ1) is 18.5. The minimum atomic E-state index is -0.669. The molecule has 0 bridgehead atoms. The second kappa shape index (κ2) is 9.93. The number of piperidine rings is 1. The fraction of sp³-hybridized carbons (Fsp3) is 0.207. The van der Waals surface area contributed by atoms with Gasteiger partial charge in [0.2, 0.25) is 11.8 Å². The Morgan fingerprint density at radius 1 is 1.05 bits per heavy atom. The van der Waals surface area contributed by atoms with Crippen LogP contribution in [0.2, 0.25) is 0 Å². The smallest absolute Gasteiger partial charge is 0.255 e. The van der Waals surface area contributed by atoms with Crippen LogP contribution in [0.25, 0.3) is 0 Å². The van der Waals surface area contributed by atoms with E-state index in [1.807, 2.05) is 24.3 Å². The second-order valence-corrected chi connectivity index (χ2v) is 9.46. The number of carbonyl (C=O) groups excluding carboxylic acids is 3.